The van der Waals surface area contributed by atoms with E-state index in [2.05, 4.69) is 19.1 Å². The molecule has 0 fully saturated rings. The summed E-state index contributed by atoms with van der Waals surface area (Å²) in [5.74, 6) is -2.48. The van der Waals surface area contributed by atoms with E-state index in [0.29, 0.717) is 43.4 Å². The first-order valence-electron chi connectivity index (χ1n) is 13.5. The fourth-order valence-electron chi connectivity index (χ4n) is 4.60. The molecular weight excluding hydrogens is 434 g/mol. The molecule has 0 unspecified atom stereocenters. The number of hydrogen-bond donors (Lipinski definition) is 3. The first kappa shape index (κ1) is 32.1. The molecular formula is C27H50NO6+. The largest absolute Gasteiger partial charge is 0.481 e. The van der Waals surface area contributed by atoms with Gasteiger partial charge in [-0.25, -0.2) is 0 Å². The van der Waals surface area contributed by atoms with Gasteiger partial charge in [0, 0.05) is 19.3 Å². The molecule has 0 amide bonds. The lowest BCUT2D eigenvalue weighted by Crippen LogP contribution is -2.51. The van der Waals surface area contributed by atoms with Crippen LogP contribution in [0.3, 0.4) is 0 Å². The molecule has 0 aliphatic rings. The molecule has 0 aliphatic carbocycles. The minimum absolute atomic E-state index is 0.0900. The number of allylic oxidation sites excluding steroid dienone is 2. The van der Waals surface area contributed by atoms with Gasteiger partial charge in [0.2, 0.25) is 0 Å². The Balaban J connectivity index is 4.44. The molecule has 0 spiro atoms. The third kappa shape index (κ3) is 20.7. The Bertz CT molecular complexity index is 525. The van der Waals surface area contributed by atoms with Crippen LogP contribution < -0.4 is 0 Å². The second-order valence-corrected chi connectivity index (χ2v) is 9.58. The topological polar surface area (TPSA) is 112 Å². The Morgan fingerprint density at radius 1 is 0.529 bits per heavy atom. The summed E-state index contributed by atoms with van der Waals surface area (Å²) in [7, 11) is 0. The summed E-state index contributed by atoms with van der Waals surface area (Å²) >= 11 is 0. The van der Waals surface area contributed by atoms with E-state index in [4.69, 9.17) is 15.3 Å². The number of carboxylic acid groups (broad SMARTS) is 3. The molecule has 7 heteroatoms. The summed E-state index contributed by atoms with van der Waals surface area (Å²) in [6.07, 6.45) is 19.7. The zero-order valence-corrected chi connectivity index (χ0v) is 21.5. The molecule has 0 radical (unpaired) electrons. The van der Waals surface area contributed by atoms with Gasteiger partial charge < -0.3 is 19.8 Å². The molecule has 0 heterocycles. The first-order valence-corrected chi connectivity index (χ1v) is 13.5. The lowest BCUT2D eigenvalue weighted by molar-refractivity contribution is -0.929. The quantitative estimate of drug-likeness (QED) is 0.0800. The van der Waals surface area contributed by atoms with Crippen molar-refractivity contribution in [3.8, 4) is 0 Å². The van der Waals surface area contributed by atoms with Crippen LogP contribution >= 0.6 is 0 Å². The van der Waals surface area contributed by atoms with E-state index in [1.54, 1.807) is 0 Å². The third-order valence-electron chi connectivity index (χ3n) is 6.47. The Morgan fingerprint density at radius 2 is 0.882 bits per heavy atom. The van der Waals surface area contributed by atoms with Gasteiger partial charge >= 0.3 is 17.9 Å². The zero-order chi connectivity index (χ0) is 25.5. The average Bonchev–Trinajstić information content (AvgIpc) is 2.76. The molecule has 0 saturated carbocycles. The lowest BCUT2D eigenvalue weighted by Gasteiger charge is -2.39. The number of quaternary nitrogens is 1. The van der Waals surface area contributed by atoms with Crippen molar-refractivity contribution in [3.63, 3.8) is 0 Å². The minimum atomic E-state index is -0.827. The van der Waals surface area contributed by atoms with Gasteiger partial charge in [0.1, 0.15) is 0 Å². The summed E-state index contributed by atoms with van der Waals surface area (Å²) in [5.41, 5.74) is 0. The maximum atomic E-state index is 11.0. The summed E-state index contributed by atoms with van der Waals surface area (Å²) < 4.78 is 0.639. The smallest absolute Gasteiger partial charge is 0.303 e. The fraction of sp³-hybridized carbons (Fsp3) is 0.815. The number of aliphatic carboxylic acids is 3. The number of hydrogen-bond acceptors (Lipinski definition) is 3. The molecule has 0 bridgehead atoms. The van der Waals surface area contributed by atoms with Crippen molar-refractivity contribution >= 4 is 17.9 Å². The van der Waals surface area contributed by atoms with E-state index < -0.39 is 17.9 Å². The second-order valence-electron chi connectivity index (χ2n) is 9.58. The monoisotopic (exact) mass is 484 g/mol. The van der Waals surface area contributed by atoms with E-state index in [0.717, 1.165) is 25.8 Å². The van der Waals surface area contributed by atoms with Crippen molar-refractivity contribution in [2.45, 2.75) is 116 Å². The van der Waals surface area contributed by atoms with Crippen LogP contribution in [0.2, 0.25) is 0 Å². The zero-order valence-electron chi connectivity index (χ0n) is 21.5. The summed E-state index contributed by atoms with van der Waals surface area (Å²) in [5, 5.41) is 27.1. The van der Waals surface area contributed by atoms with Gasteiger partial charge in [-0.15, -0.1) is 0 Å². The second kappa shape index (κ2) is 21.6. The molecule has 0 aliphatic heterocycles. The van der Waals surface area contributed by atoms with Crippen molar-refractivity contribution in [1.82, 2.24) is 0 Å². The van der Waals surface area contributed by atoms with Gasteiger partial charge in [0.15, 0.2) is 0 Å². The Labute approximate surface area is 206 Å². The lowest BCUT2D eigenvalue weighted by atomic mass is 10.1. The van der Waals surface area contributed by atoms with Crippen molar-refractivity contribution in [2.75, 3.05) is 26.2 Å². The Morgan fingerprint density at radius 3 is 1.26 bits per heavy atom. The van der Waals surface area contributed by atoms with Gasteiger partial charge in [0.25, 0.3) is 0 Å². The van der Waals surface area contributed by atoms with E-state index in [1.165, 1.54) is 51.4 Å². The molecule has 7 nitrogen and oxygen atoms in total. The molecule has 34 heavy (non-hydrogen) atoms. The van der Waals surface area contributed by atoms with Crippen molar-refractivity contribution in [1.29, 1.82) is 0 Å². The summed E-state index contributed by atoms with van der Waals surface area (Å²) in [4.78, 5) is 33.0. The average molecular weight is 485 g/mol. The minimum Gasteiger partial charge on any atom is -0.481 e. The highest BCUT2D eigenvalue weighted by Crippen LogP contribution is 2.18. The van der Waals surface area contributed by atoms with Gasteiger partial charge in [-0.05, 0) is 32.1 Å². The normalized spacial score (nSPS) is 11.8. The van der Waals surface area contributed by atoms with Gasteiger partial charge in [0.05, 0.1) is 45.4 Å². The number of carbonyl (C=O) groups is 3. The first-order chi connectivity index (χ1) is 16.3. The molecule has 0 saturated heterocycles. The molecule has 0 aromatic heterocycles. The van der Waals surface area contributed by atoms with Crippen molar-refractivity contribution < 1.29 is 34.2 Å². The predicted molar refractivity (Wildman–Crippen MR) is 136 cm³/mol. The van der Waals surface area contributed by atoms with Gasteiger partial charge in [-0.2, -0.15) is 0 Å². The van der Waals surface area contributed by atoms with Crippen LogP contribution in [-0.2, 0) is 14.4 Å². The number of rotatable bonds is 25. The van der Waals surface area contributed by atoms with Crippen LogP contribution in [0.4, 0.5) is 0 Å². The van der Waals surface area contributed by atoms with Crippen LogP contribution in [0.1, 0.15) is 116 Å². The number of nitrogens with zero attached hydrogens (tertiary/aromatic N) is 1. The van der Waals surface area contributed by atoms with Crippen LogP contribution in [0.25, 0.3) is 0 Å². The van der Waals surface area contributed by atoms with Gasteiger partial charge in [-0.3, -0.25) is 14.4 Å². The highest BCUT2D eigenvalue weighted by atomic mass is 16.4. The molecule has 0 atom stereocenters. The van der Waals surface area contributed by atoms with Crippen LogP contribution in [0.15, 0.2) is 12.2 Å². The summed E-state index contributed by atoms with van der Waals surface area (Å²) in [6.45, 7) is 5.02. The van der Waals surface area contributed by atoms with Crippen LogP contribution in [-0.4, -0.2) is 63.9 Å². The predicted octanol–water partition coefficient (Wildman–Crippen LogP) is 6.26. The molecule has 0 aromatic rings. The van der Waals surface area contributed by atoms with E-state index in [-0.39, 0.29) is 19.3 Å². The van der Waals surface area contributed by atoms with Crippen molar-refractivity contribution in [3.05, 3.63) is 12.2 Å². The van der Waals surface area contributed by atoms with E-state index in [9.17, 15) is 14.4 Å². The third-order valence-corrected chi connectivity index (χ3v) is 6.47. The summed E-state index contributed by atoms with van der Waals surface area (Å²) in [6, 6.07) is 0. The van der Waals surface area contributed by atoms with Gasteiger partial charge in [-0.1, -0.05) is 57.6 Å². The van der Waals surface area contributed by atoms with Crippen molar-refractivity contribution in [2.24, 2.45) is 0 Å². The van der Waals surface area contributed by atoms with E-state index in [1.807, 2.05) is 0 Å². The molecule has 198 valence electrons. The van der Waals surface area contributed by atoms with Crippen LogP contribution in [0, 0.1) is 0 Å². The Kier molecular flexibility index (Phi) is 20.4. The van der Waals surface area contributed by atoms with E-state index >= 15 is 0 Å². The standard InChI is InChI=1S/C27H49NO6/c1-2-3-4-5-6-7-8-9-10-11-12-13-14-21-28(22-15-18-25(29)30,23-16-19-26(31)32)24-17-20-27(33)34/h3-4H,2,5-24H2,1H3,(H2-,29,30,31,32,33,34)/p+1/b4-3+. The fourth-order valence-corrected chi connectivity index (χ4v) is 4.60. The van der Waals surface area contributed by atoms with Crippen LogP contribution in [0.5, 0.6) is 0 Å². The highest BCUT2D eigenvalue weighted by Gasteiger charge is 2.27. The molecule has 3 N–H and O–H groups in total. The Hall–Kier alpha value is -1.89. The maximum Gasteiger partial charge on any atom is 0.303 e. The molecule has 0 aromatic carbocycles. The number of unbranched alkanes of at least 4 members (excludes halogenated alkanes) is 9. The highest BCUT2D eigenvalue weighted by molar-refractivity contribution is 5.67. The number of carboxylic acids is 3. The molecule has 0 rings (SSSR count). The maximum absolute atomic E-state index is 11.0. The SMILES string of the molecule is CC/C=C/CCCCCCCCCCC[N+](CCCC(=O)O)(CCCC(=O)O)CCCC(=O)O.